The lowest BCUT2D eigenvalue weighted by Gasteiger charge is -2.26. The van der Waals surface area contributed by atoms with Crippen molar-refractivity contribution in [1.82, 2.24) is 4.98 Å². The number of benzene rings is 7. The Morgan fingerprint density at radius 1 is 0.547 bits per heavy atom. The predicted molar refractivity (Wildman–Crippen MR) is 223 cm³/mol. The molecule has 0 aliphatic heterocycles. The van der Waals surface area contributed by atoms with Crippen molar-refractivity contribution in [3.63, 3.8) is 0 Å². The summed E-state index contributed by atoms with van der Waals surface area (Å²) in [5.41, 5.74) is 13.8. The summed E-state index contributed by atoms with van der Waals surface area (Å²) >= 11 is 0. The van der Waals surface area contributed by atoms with E-state index < -0.39 is 0 Å². The van der Waals surface area contributed by atoms with E-state index in [0.29, 0.717) is 5.71 Å². The van der Waals surface area contributed by atoms with Gasteiger partial charge in [0, 0.05) is 35.2 Å². The first-order valence-corrected chi connectivity index (χ1v) is 18.1. The predicted octanol–water partition coefficient (Wildman–Crippen LogP) is 12.6. The molecule has 0 spiro atoms. The fraction of sp³-hybridized carbons (Fsp3) is 0.0600. The van der Waals surface area contributed by atoms with E-state index in [1.165, 1.54) is 49.5 Å². The summed E-state index contributed by atoms with van der Waals surface area (Å²) in [6.07, 6.45) is 7.47. The van der Waals surface area contributed by atoms with Crippen LogP contribution in [0.25, 0.3) is 60.6 Å². The molecule has 7 aromatic carbocycles. The summed E-state index contributed by atoms with van der Waals surface area (Å²) < 4.78 is 0. The van der Waals surface area contributed by atoms with Gasteiger partial charge in [-0.2, -0.15) is 0 Å². The van der Waals surface area contributed by atoms with Crippen LogP contribution in [0.3, 0.4) is 0 Å². The number of pyridine rings is 1. The van der Waals surface area contributed by atoms with Gasteiger partial charge in [-0.3, -0.25) is 9.98 Å². The molecule has 0 saturated heterocycles. The molecule has 3 nitrogen and oxygen atoms in total. The number of fused-ring (bicyclic) bond motifs is 6. The fourth-order valence-electron chi connectivity index (χ4n) is 8.18. The van der Waals surface area contributed by atoms with Crippen LogP contribution < -0.4 is 0 Å². The quantitative estimate of drug-likeness (QED) is 0.167. The lowest BCUT2D eigenvalue weighted by molar-refractivity contribution is 0.668. The summed E-state index contributed by atoms with van der Waals surface area (Å²) in [5.74, 6) is 0. The van der Waals surface area contributed by atoms with Gasteiger partial charge >= 0.3 is 0 Å². The van der Waals surface area contributed by atoms with Crippen LogP contribution >= 0.6 is 0 Å². The second kappa shape index (κ2) is 13.1. The fourth-order valence-corrected chi connectivity index (χ4v) is 8.18. The summed E-state index contributed by atoms with van der Waals surface area (Å²) in [6.45, 7) is 4.75. The molecule has 9 rings (SSSR count). The van der Waals surface area contributed by atoms with E-state index in [1.807, 2.05) is 54.9 Å². The topological polar surface area (TPSA) is 49.1 Å². The Morgan fingerprint density at radius 3 is 2.00 bits per heavy atom. The number of allylic oxidation sites excluding steroid dienone is 1. The highest BCUT2D eigenvalue weighted by atomic mass is 14.7. The highest BCUT2D eigenvalue weighted by molar-refractivity contribution is 6.12. The Labute approximate surface area is 310 Å². The van der Waals surface area contributed by atoms with Crippen LogP contribution in [0, 0.1) is 5.41 Å². The molecular weight excluding hydrogens is 643 g/mol. The summed E-state index contributed by atoms with van der Waals surface area (Å²) in [6, 6.07) is 55.3. The number of hydrogen-bond donors (Lipinski definition) is 1. The van der Waals surface area contributed by atoms with Crippen molar-refractivity contribution in [1.29, 1.82) is 5.41 Å². The molecule has 3 heteroatoms. The Kier molecular flexibility index (Phi) is 7.97. The third-order valence-electron chi connectivity index (χ3n) is 10.7. The van der Waals surface area contributed by atoms with E-state index in [9.17, 15) is 0 Å². The second-order valence-electron chi connectivity index (χ2n) is 14.2. The molecule has 8 aromatic rings. The van der Waals surface area contributed by atoms with Gasteiger partial charge in [-0.05, 0) is 83.8 Å². The zero-order chi connectivity index (χ0) is 35.9. The van der Waals surface area contributed by atoms with Crippen molar-refractivity contribution >= 4 is 39.2 Å². The molecule has 0 radical (unpaired) electrons. The largest absolute Gasteiger partial charge is 0.300 e. The zero-order valence-corrected chi connectivity index (χ0v) is 29.7. The van der Waals surface area contributed by atoms with Gasteiger partial charge in [0.05, 0.1) is 11.4 Å². The van der Waals surface area contributed by atoms with Crippen molar-refractivity contribution in [2.75, 3.05) is 0 Å². The van der Waals surface area contributed by atoms with Crippen LogP contribution in [0.2, 0.25) is 0 Å². The van der Waals surface area contributed by atoms with Crippen LogP contribution in [-0.2, 0) is 5.41 Å². The average Bonchev–Trinajstić information content (AvgIpc) is 3.46. The lowest BCUT2D eigenvalue weighted by atomic mass is 9.77. The molecule has 0 saturated carbocycles. The highest BCUT2D eigenvalue weighted by Crippen LogP contribution is 2.54. The number of hydrogen-bond acceptors (Lipinski definition) is 3. The van der Waals surface area contributed by atoms with E-state index >= 15 is 0 Å². The maximum Gasteiger partial charge on any atom is 0.0723 e. The van der Waals surface area contributed by atoms with Crippen molar-refractivity contribution in [3.05, 3.63) is 204 Å². The van der Waals surface area contributed by atoms with E-state index in [2.05, 4.69) is 140 Å². The normalized spacial score (nSPS) is 13.4. The SMILES string of the molecule is CC1(C)c2c(cccc2-c2ccc(C=N/C(=C\C(=N)c3ccccc3)c3ccc(-c4cccnc4)cc3)c3ccccc23)-c2ccc3ccccc3c21. The number of aliphatic imine (C=N–C) groups is 1. The van der Waals surface area contributed by atoms with Crippen LogP contribution in [0.15, 0.2) is 181 Å². The monoisotopic (exact) mass is 679 g/mol. The standard InChI is InChI=1S/C50H37N3/c1-50(2)48-40-17-7-6-12-34(40)25-28-45(48)44-20-10-19-43(49(44)50)42-27-26-38(39-16-8-9-18-41(39)42)32-53-47(30-46(51)35-13-4-3-5-14-35)36-23-21-33(22-24-36)37-15-11-29-52-31-37/h3-32,51H,1-2H3/b47-30-,51-46?,53-32?. The molecule has 1 aliphatic carbocycles. The van der Waals surface area contributed by atoms with Gasteiger partial charge < -0.3 is 5.41 Å². The van der Waals surface area contributed by atoms with Gasteiger partial charge in [0.25, 0.3) is 0 Å². The molecule has 1 N–H and O–H groups in total. The van der Waals surface area contributed by atoms with Crippen molar-refractivity contribution in [2.24, 2.45) is 4.99 Å². The molecule has 0 fully saturated rings. The van der Waals surface area contributed by atoms with E-state index in [-0.39, 0.29) is 5.41 Å². The van der Waals surface area contributed by atoms with Crippen LogP contribution in [0.1, 0.15) is 41.7 Å². The molecule has 1 aliphatic rings. The highest BCUT2D eigenvalue weighted by Gasteiger charge is 2.39. The van der Waals surface area contributed by atoms with Gasteiger partial charge in [-0.1, -0.05) is 166 Å². The molecule has 0 amide bonds. The average molecular weight is 680 g/mol. The first-order valence-electron chi connectivity index (χ1n) is 18.1. The van der Waals surface area contributed by atoms with Crippen LogP contribution in [-0.4, -0.2) is 16.9 Å². The van der Waals surface area contributed by atoms with E-state index in [1.54, 1.807) is 6.20 Å². The summed E-state index contributed by atoms with van der Waals surface area (Å²) in [5, 5.41) is 13.9. The Bertz CT molecular complexity index is 2740. The van der Waals surface area contributed by atoms with Crippen LogP contribution in [0.5, 0.6) is 0 Å². The summed E-state index contributed by atoms with van der Waals surface area (Å²) in [7, 11) is 0. The minimum Gasteiger partial charge on any atom is -0.300 e. The smallest absolute Gasteiger partial charge is 0.0723 e. The van der Waals surface area contributed by atoms with E-state index in [4.69, 9.17) is 10.4 Å². The third-order valence-corrected chi connectivity index (χ3v) is 10.7. The molecule has 1 aromatic heterocycles. The summed E-state index contributed by atoms with van der Waals surface area (Å²) in [4.78, 5) is 9.39. The van der Waals surface area contributed by atoms with Crippen molar-refractivity contribution in [2.45, 2.75) is 19.3 Å². The Balaban J connectivity index is 1.14. The van der Waals surface area contributed by atoms with Crippen molar-refractivity contribution < 1.29 is 0 Å². The van der Waals surface area contributed by atoms with Crippen LogP contribution in [0.4, 0.5) is 0 Å². The second-order valence-corrected chi connectivity index (χ2v) is 14.2. The van der Waals surface area contributed by atoms with E-state index in [0.717, 1.165) is 38.9 Å². The molecule has 0 unspecified atom stereocenters. The first kappa shape index (κ1) is 32.2. The Hall–Kier alpha value is -6.71. The minimum atomic E-state index is -0.182. The first-order chi connectivity index (χ1) is 26.0. The molecular formula is C50H37N3. The third kappa shape index (κ3) is 5.68. The van der Waals surface area contributed by atoms with Gasteiger partial charge in [0.15, 0.2) is 0 Å². The number of nitrogens with one attached hydrogen (secondary N) is 1. The molecule has 0 bridgehead atoms. The molecule has 1 heterocycles. The van der Waals surface area contributed by atoms with Crippen molar-refractivity contribution in [3.8, 4) is 33.4 Å². The van der Waals surface area contributed by atoms with Gasteiger partial charge in [0.1, 0.15) is 0 Å². The molecule has 53 heavy (non-hydrogen) atoms. The molecule has 252 valence electrons. The lowest BCUT2D eigenvalue weighted by Crippen LogP contribution is -2.17. The maximum atomic E-state index is 8.95. The number of aromatic nitrogens is 1. The number of nitrogens with zero attached hydrogens (tertiary/aromatic N) is 2. The minimum absolute atomic E-state index is 0.182. The maximum absolute atomic E-state index is 8.95. The molecule has 0 atom stereocenters. The van der Waals surface area contributed by atoms with Gasteiger partial charge in [-0.25, -0.2) is 0 Å². The number of rotatable bonds is 7. The van der Waals surface area contributed by atoms with Gasteiger partial charge in [0.2, 0.25) is 0 Å². The van der Waals surface area contributed by atoms with Gasteiger partial charge in [-0.15, -0.1) is 0 Å². The zero-order valence-electron chi connectivity index (χ0n) is 29.7. The Morgan fingerprint density at radius 2 is 1.23 bits per heavy atom.